The Morgan fingerprint density at radius 3 is 2.11 bits per heavy atom. The number of carbonyl (C=O) groups is 2. The Morgan fingerprint density at radius 2 is 1.57 bits per heavy atom. The third-order valence-electron chi connectivity index (χ3n) is 4.79. The van der Waals surface area contributed by atoms with Crippen LogP contribution in [0, 0.1) is 13.8 Å². The van der Waals surface area contributed by atoms with E-state index in [1.807, 2.05) is 47.6 Å². The molecule has 0 aliphatic rings. The number of anilines is 1. The predicted octanol–water partition coefficient (Wildman–Crippen LogP) is 3.51. The summed E-state index contributed by atoms with van der Waals surface area (Å²) in [6.45, 7) is 11.7. The van der Waals surface area contributed by atoms with Crippen molar-refractivity contribution in [1.82, 2.24) is 9.47 Å². The van der Waals surface area contributed by atoms with Gasteiger partial charge in [-0.3, -0.25) is 14.4 Å². The van der Waals surface area contributed by atoms with Gasteiger partial charge in [0, 0.05) is 30.9 Å². The average molecular weight is 383 g/mol. The minimum absolute atomic E-state index is 0.0123. The van der Waals surface area contributed by atoms with E-state index < -0.39 is 0 Å². The highest BCUT2D eigenvalue weighted by molar-refractivity contribution is 6.05. The molecule has 2 amide bonds. The van der Waals surface area contributed by atoms with E-state index in [2.05, 4.69) is 5.32 Å². The van der Waals surface area contributed by atoms with Crippen molar-refractivity contribution < 1.29 is 9.59 Å². The van der Waals surface area contributed by atoms with Crippen LogP contribution < -0.4 is 10.9 Å². The van der Waals surface area contributed by atoms with Gasteiger partial charge < -0.3 is 14.8 Å². The van der Waals surface area contributed by atoms with Gasteiger partial charge in [0.05, 0.1) is 5.56 Å². The van der Waals surface area contributed by atoms with E-state index in [0.717, 1.165) is 11.1 Å². The lowest BCUT2D eigenvalue weighted by Gasteiger charge is -2.31. The van der Waals surface area contributed by atoms with Crippen molar-refractivity contribution in [3.63, 3.8) is 0 Å². The topological polar surface area (TPSA) is 71.4 Å². The maximum Gasteiger partial charge on any atom is 0.274 e. The van der Waals surface area contributed by atoms with E-state index in [1.165, 1.54) is 16.8 Å². The number of aromatic nitrogens is 1. The average Bonchev–Trinajstić information content (AvgIpc) is 2.60. The highest BCUT2D eigenvalue weighted by atomic mass is 16.2. The Hall–Kier alpha value is -2.89. The van der Waals surface area contributed by atoms with Crippen LogP contribution in [0.2, 0.25) is 0 Å². The van der Waals surface area contributed by atoms with Gasteiger partial charge in [-0.2, -0.15) is 0 Å². The normalized spacial score (nSPS) is 11.0. The fraction of sp³-hybridized carbons (Fsp3) is 0.409. The van der Waals surface area contributed by atoms with Crippen molar-refractivity contribution in [3.05, 3.63) is 63.1 Å². The van der Waals surface area contributed by atoms with Crippen LogP contribution in [-0.4, -0.2) is 33.4 Å². The molecule has 0 saturated carbocycles. The molecule has 28 heavy (non-hydrogen) atoms. The highest BCUT2D eigenvalue weighted by Gasteiger charge is 2.23. The maximum absolute atomic E-state index is 13.0. The van der Waals surface area contributed by atoms with Gasteiger partial charge in [-0.05, 0) is 70.9 Å². The van der Waals surface area contributed by atoms with Crippen molar-refractivity contribution in [1.29, 1.82) is 0 Å². The highest BCUT2D eigenvalue weighted by Crippen LogP contribution is 2.15. The van der Waals surface area contributed by atoms with Gasteiger partial charge in [0.1, 0.15) is 5.69 Å². The van der Waals surface area contributed by atoms with Crippen LogP contribution in [0.25, 0.3) is 0 Å². The molecule has 0 saturated heterocycles. The van der Waals surface area contributed by atoms with Gasteiger partial charge in [0.2, 0.25) is 0 Å². The molecule has 0 aliphatic carbocycles. The largest absolute Gasteiger partial charge is 0.334 e. The first-order chi connectivity index (χ1) is 13.0. The van der Waals surface area contributed by atoms with Crippen LogP contribution in [0.4, 0.5) is 5.69 Å². The van der Waals surface area contributed by atoms with E-state index in [0.29, 0.717) is 11.1 Å². The molecule has 150 valence electrons. The Balaban J connectivity index is 2.40. The molecule has 2 rings (SSSR count). The lowest BCUT2D eigenvalue weighted by molar-refractivity contribution is 0.0642. The van der Waals surface area contributed by atoms with Crippen LogP contribution in [-0.2, 0) is 7.05 Å². The fourth-order valence-corrected chi connectivity index (χ4v) is 3.21. The second kappa shape index (κ2) is 8.42. The number of benzene rings is 1. The zero-order valence-corrected chi connectivity index (χ0v) is 17.7. The second-order valence-corrected chi connectivity index (χ2v) is 7.71. The molecule has 1 aromatic heterocycles. The number of amides is 2. The summed E-state index contributed by atoms with van der Waals surface area (Å²) in [6.07, 6.45) is 1.51. The van der Waals surface area contributed by atoms with Crippen LogP contribution in [0.5, 0.6) is 0 Å². The number of hydrogen-bond acceptors (Lipinski definition) is 3. The Bertz CT molecular complexity index is 950. The standard InChI is InChI=1S/C22H29N3O3/c1-13(2)25(14(3)4)21(27)18-11-19(22(28)24(7)12-18)23-20(26)17-9-8-15(5)16(6)10-17/h8-14H,1-7H3,(H,23,26). The second-order valence-electron chi connectivity index (χ2n) is 7.71. The summed E-state index contributed by atoms with van der Waals surface area (Å²) < 4.78 is 1.32. The van der Waals surface area contributed by atoms with Gasteiger partial charge in [-0.1, -0.05) is 6.07 Å². The van der Waals surface area contributed by atoms with E-state index in [1.54, 1.807) is 24.1 Å². The van der Waals surface area contributed by atoms with Gasteiger partial charge in [-0.25, -0.2) is 0 Å². The lowest BCUT2D eigenvalue weighted by Crippen LogP contribution is -2.42. The summed E-state index contributed by atoms with van der Waals surface area (Å²) in [5.41, 5.74) is 2.63. The van der Waals surface area contributed by atoms with Crippen LogP contribution >= 0.6 is 0 Å². The number of aryl methyl sites for hydroxylation is 3. The summed E-state index contributed by atoms with van der Waals surface area (Å²) in [7, 11) is 1.57. The lowest BCUT2D eigenvalue weighted by atomic mass is 10.1. The van der Waals surface area contributed by atoms with Gasteiger partial charge in [0.15, 0.2) is 0 Å². The molecular weight excluding hydrogens is 354 g/mol. The molecule has 2 aromatic rings. The molecule has 0 radical (unpaired) electrons. The number of pyridine rings is 1. The predicted molar refractivity (Wildman–Crippen MR) is 112 cm³/mol. The van der Waals surface area contributed by atoms with Crippen LogP contribution in [0.15, 0.2) is 35.3 Å². The first-order valence-corrected chi connectivity index (χ1v) is 9.44. The summed E-state index contributed by atoms with van der Waals surface area (Å²) in [4.78, 5) is 39.8. The summed E-state index contributed by atoms with van der Waals surface area (Å²) in [6, 6.07) is 6.85. The van der Waals surface area contributed by atoms with E-state index in [9.17, 15) is 14.4 Å². The smallest absolute Gasteiger partial charge is 0.274 e. The molecule has 6 heteroatoms. The molecule has 0 unspecified atom stereocenters. The molecule has 0 atom stereocenters. The van der Waals surface area contributed by atoms with Gasteiger partial charge in [-0.15, -0.1) is 0 Å². The van der Waals surface area contributed by atoms with Crippen LogP contribution in [0.1, 0.15) is 59.5 Å². The van der Waals surface area contributed by atoms with Crippen molar-refractivity contribution in [2.75, 3.05) is 5.32 Å². The van der Waals surface area contributed by atoms with Gasteiger partial charge in [0.25, 0.3) is 17.4 Å². The first kappa shape index (κ1) is 21.4. The molecule has 1 heterocycles. The maximum atomic E-state index is 13.0. The molecule has 0 bridgehead atoms. The van der Waals surface area contributed by atoms with E-state index in [4.69, 9.17) is 0 Å². The molecule has 1 N–H and O–H groups in total. The quantitative estimate of drug-likeness (QED) is 0.859. The molecular formula is C22H29N3O3. The van der Waals surface area contributed by atoms with E-state index in [-0.39, 0.29) is 35.1 Å². The molecule has 6 nitrogen and oxygen atoms in total. The van der Waals surface area contributed by atoms with Gasteiger partial charge >= 0.3 is 0 Å². The molecule has 0 spiro atoms. The van der Waals surface area contributed by atoms with Crippen molar-refractivity contribution in [2.45, 2.75) is 53.6 Å². The third kappa shape index (κ3) is 4.50. The Kier molecular flexibility index (Phi) is 6.44. The van der Waals surface area contributed by atoms with E-state index >= 15 is 0 Å². The molecule has 0 aliphatic heterocycles. The zero-order valence-electron chi connectivity index (χ0n) is 17.7. The monoisotopic (exact) mass is 383 g/mol. The summed E-state index contributed by atoms with van der Waals surface area (Å²) in [5, 5.41) is 2.66. The third-order valence-corrected chi connectivity index (χ3v) is 4.79. The minimum Gasteiger partial charge on any atom is -0.334 e. The SMILES string of the molecule is Cc1ccc(C(=O)Nc2cc(C(=O)N(C(C)C)C(C)C)cn(C)c2=O)cc1C. The number of nitrogens with zero attached hydrogens (tertiary/aromatic N) is 2. The molecule has 1 aromatic carbocycles. The summed E-state index contributed by atoms with van der Waals surface area (Å²) >= 11 is 0. The van der Waals surface area contributed by atoms with Crippen molar-refractivity contribution in [3.8, 4) is 0 Å². The molecule has 0 fully saturated rings. The fourth-order valence-electron chi connectivity index (χ4n) is 3.21. The number of hydrogen-bond donors (Lipinski definition) is 1. The van der Waals surface area contributed by atoms with Crippen LogP contribution in [0.3, 0.4) is 0 Å². The Morgan fingerprint density at radius 1 is 0.964 bits per heavy atom. The minimum atomic E-state index is -0.380. The number of carbonyl (C=O) groups excluding carboxylic acids is 2. The number of nitrogens with one attached hydrogen (secondary N) is 1. The van der Waals surface area contributed by atoms with Crippen molar-refractivity contribution >= 4 is 17.5 Å². The number of rotatable bonds is 5. The van der Waals surface area contributed by atoms with Crippen molar-refractivity contribution in [2.24, 2.45) is 7.05 Å². The zero-order chi connectivity index (χ0) is 21.2. The summed E-state index contributed by atoms with van der Waals surface area (Å²) in [5.74, 6) is -0.559. The first-order valence-electron chi connectivity index (χ1n) is 9.44. The Labute approximate surface area is 166 Å².